The monoisotopic (exact) mass is 265 g/mol. The highest BCUT2D eigenvalue weighted by atomic mass is 16.5. The predicted molar refractivity (Wildman–Crippen MR) is 72.8 cm³/mol. The number of rotatable bonds is 6. The molecule has 1 aromatic rings. The summed E-state index contributed by atoms with van der Waals surface area (Å²) in [6.07, 6.45) is 0.839. The SMILES string of the molecule is CCC(C)NC(=O)c1ccc(N)c(OCC(N)=O)c1. The minimum Gasteiger partial charge on any atom is -0.482 e. The third-order valence-electron chi connectivity index (χ3n) is 2.64. The third kappa shape index (κ3) is 4.50. The Bertz CT molecular complexity index is 474. The van der Waals surface area contributed by atoms with Gasteiger partial charge in [-0.2, -0.15) is 0 Å². The second-order valence-corrected chi connectivity index (χ2v) is 4.29. The van der Waals surface area contributed by atoms with E-state index in [2.05, 4.69) is 5.32 Å². The van der Waals surface area contributed by atoms with Gasteiger partial charge >= 0.3 is 0 Å². The topological polar surface area (TPSA) is 107 Å². The molecule has 104 valence electrons. The number of amides is 2. The number of nitrogens with two attached hydrogens (primary N) is 2. The minimum absolute atomic E-state index is 0.0834. The van der Waals surface area contributed by atoms with Crippen LogP contribution in [0, 0.1) is 0 Å². The average Bonchev–Trinajstić information content (AvgIpc) is 2.37. The van der Waals surface area contributed by atoms with E-state index in [4.69, 9.17) is 16.2 Å². The first-order chi connectivity index (χ1) is 8.93. The van der Waals surface area contributed by atoms with Gasteiger partial charge in [0.1, 0.15) is 5.75 Å². The van der Waals surface area contributed by atoms with E-state index in [0.717, 1.165) is 6.42 Å². The Morgan fingerprint density at radius 1 is 1.42 bits per heavy atom. The maximum atomic E-state index is 11.9. The van der Waals surface area contributed by atoms with Crippen molar-refractivity contribution in [3.05, 3.63) is 23.8 Å². The van der Waals surface area contributed by atoms with Crippen LogP contribution in [0.25, 0.3) is 0 Å². The lowest BCUT2D eigenvalue weighted by Crippen LogP contribution is -2.31. The van der Waals surface area contributed by atoms with Crippen molar-refractivity contribution < 1.29 is 14.3 Å². The van der Waals surface area contributed by atoms with Crippen molar-refractivity contribution >= 4 is 17.5 Å². The largest absolute Gasteiger partial charge is 0.482 e. The summed E-state index contributed by atoms with van der Waals surface area (Å²) in [6.45, 7) is 3.62. The van der Waals surface area contributed by atoms with Crippen LogP contribution in [-0.2, 0) is 4.79 Å². The van der Waals surface area contributed by atoms with Gasteiger partial charge in [-0.25, -0.2) is 0 Å². The number of hydrogen-bond acceptors (Lipinski definition) is 4. The highest BCUT2D eigenvalue weighted by Crippen LogP contribution is 2.22. The molecule has 19 heavy (non-hydrogen) atoms. The molecule has 0 aliphatic rings. The van der Waals surface area contributed by atoms with Gasteiger partial charge in [0.05, 0.1) is 5.69 Å². The first-order valence-corrected chi connectivity index (χ1v) is 6.05. The molecule has 1 unspecified atom stereocenters. The van der Waals surface area contributed by atoms with Crippen molar-refractivity contribution in [2.75, 3.05) is 12.3 Å². The van der Waals surface area contributed by atoms with Crippen LogP contribution in [0.5, 0.6) is 5.75 Å². The highest BCUT2D eigenvalue weighted by molar-refractivity contribution is 5.95. The number of carbonyl (C=O) groups excluding carboxylic acids is 2. The van der Waals surface area contributed by atoms with E-state index in [1.54, 1.807) is 12.1 Å². The molecule has 0 aromatic heterocycles. The predicted octanol–water partition coefficient (Wildman–Crippen LogP) is 0.661. The number of hydrogen-bond donors (Lipinski definition) is 3. The lowest BCUT2D eigenvalue weighted by Gasteiger charge is -2.13. The van der Waals surface area contributed by atoms with Crippen molar-refractivity contribution in [2.24, 2.45) is 5.73 Å². The van der Waals surface area contributed by atoms with E-state index < -0.39 is 5.91 Å². The second kappa shape index (κ2) is 6.63. The van der Waals surface area contributed by atoms with Gasteiger partial charge in [-0.15, -0.1) is 0 Å². The van der Waals surface area contributed by atoms with Crippen LogP contribution in [-0.4, -0.2) is 24.5 Å². The van der Waals surface area contributed by atoms with Crippen LogP contribution in [0.4, 0.5) is 5.69 Å². The summed E-state index contributed by atoms with van der Waals surface area (Å²) in [5.74, 6) is -0.539. The minimum atomic E-state index is -0.603. The molecule has 0 radical (unpaired) electrons. The zero-order valence-electron chi connectivity index (χ0n) is 11.1. The molecule has 1 atom stereocenters. The normalized spacial score (nSPS) is 11.7. The molecule has 0 bridgehead atoms. The Morgan fingerprint density at radius 2 is 2.11 bits per heavy atom. The lowest BCUT2D eigenvalue weighted by molar-refractivity contribution is -0.119. The molecule has 6 nitrogen and oxygen atoms in total. The quantitative estimate of drug-likeness (QED) is 0.657. The molecule has 5 N–H and O–H groups in total. The van der Waals surface area contributed by atoms with E-state index in [1.807, 2.05) is 13.8 Å². The lowest BCUT2D eigenvalue weighted by atomic mass is 10.1. The van der Waals surface area contributed by atoms with Gasteiger partial charge in [-0.1, -0.05) is 6.92 Å². The molecular formula is C13H19N3O3. The Morgan fingerprint density at radius 3 is 2.68 bits per heavy atom. The summed E-state index contributed by atoms with van der Waals surface area (Å²) < 4.78 is 5.14. The molecular weight excluding hydrogens is 246 g/mol. The van der Waals surface area contributed by atoms with Crippen LogP contribution >= 0.6 is 0 Å². The Labute approximate surface area is 112 Å². The number of carbonyl (C=O) groups is 2. The van der Waals surface area contributed by atoms with E-state index in [0.29, 0.717) is 11.3 Å². The number of ether oxygens (including phenoxy) is 1. The molecule has 1 aromatic carbocycles. The first-order valence-electron chi connectivity index (χ1n) is 6.05. The number of nitrogen functional groups attached to an aromatic ring is 1. The van der Waals surface area contributed by atoms with Crippen molar-refractivity contribution in [2.45, 2.75) is 26.3 Å². The van der Waals surface area contributed by atoms with Crippen LogP contribution in [0.1, 0.15) is 30.6 Å². The summed E-state index contributed by atoms with van der Waals surface area (Å²) in [6, 6.07) is 4.74. The summed E-state index contributed by atoms with van der Waals surface area (Å²) >= 11 is 0. The smallest absolute Gasteiger partial charge is 0.255 e. The summed E-state index contributed by atoms with van der Waals surface area (Å²) in [5.41, 5.74) is 11.5. The van der Waals surface area contributed by atoms with E-state index >= 15 is 0 Å². The van der Waals surface area contributed by atoms with Gasteiger partial charge in [0.15, 0.2) is 6.61 Å². The third-order valence-corrected chi connectivity index (χ3v) is 2.64. The van der Waals surface area contributed by atoms with Crippen molar-refractivity contribution in [3.63, 3.8) is 0 Å². The summed E-state index contributed by atoms with van der Waals surface area (Å²) in [4.78, 5) is 22.6. The number of primary amides is 1. The zero-order chi connectivity index (χ0) is 14.4. The fourth-order valence-electron chi connectivity index (χ4n) is 1.36. The zero-order valence-corrected chi connectivity index (χ0v) is 11.1. The van der Waals surface area contributed by atoms with Gasteiger partial charge in [0, 0.05) is 11.6 Å². The second-order valence-electron chi connectivity index (χ2n) is 4.29. The summed E-state index contributed by atoms with van der Waals surface area (Å²) in [5, 5.41) is 2.83. The molecule has 0 saturated heterocycles. The molecule has 0 saturated carbocycles. The number of anilines is 1. The number of nitrogens with one attached hydrogen (secondary N) is 1. The Balaban J connectivity index is 2.83. The van der Waals surface area contributed by atoms with Gasteiger partial charge in [-0.05, 0) is 31.5 Å². The van der Waals surface area contributed by atoms with Crippen LogP contribution in [0.2, 0.25) is 0 Å². The first kappa shape index (κ1) is 14.8. The fourth-order valence-corrected chi connectivity index (χ4v) is 1.36. The molecule has 0 heterocycles. The maximum Gasteiger partial charge on any atom is 0.255 e. The Kier molecular flexibility index (Phi) is 5.17. The van der Waals surface area contributed by atoms with Gasteiger partial charge in [-0.3, -0.25) is 9.59 Å². The number of benzene rings is 1. The van der Waals surface area contributed by atoms with Crippen molar-refractivity contribution in [1.29, 1.82) is 0 Å². The summed E-state index contributed by atoms with van der Waals surface area (Å²) in [7, 11) is 0. The molecule has 1 rings (SSSR count). The molecule has 2 amide bonds. The molecule has 0 fully saturated rings. The van der Waals surface area contributed by atoms with E-state index in [-0.39, 0.29) is 24.3 Å². The van der Waals surface area contributed by atoms with Crippen molar-refractivity contribution in [3.8, 4) is 5.75 Å². The van der Waals surface area contributed by atoms with Crippen LogP contribution < -0.4 is 21.5 Å². The average molecular weight is 265 g/mol. The maximum absolute atomic E-state index is 11.9. The van der Waals surface area contributed by atoms with E-state index in [9.17, 15) is 9.59 Å². The standard InChI is InChI=1S/C13H19N3O3/c1-3-8(2)16-13(18)9-4-5-10(14)11(6-9)19-7-12(15)17/h4-6,8H,3,7,14H2,1-2H3,(H2,15,17)(H,16,18). The molecule has 0 aliphatic carbocycles. The van der Waals surface area contributed by atoms with Crippen LogP contribution in [0.3, 0.4) is 0 Å². The van der Waals surface area contributed by atoms with Gasteiger partial charge < -0.3 is 21.5 Å². The van der Waals surface area contributed by atoms with Crippen molar-refractivity contribution in [1.82, 2.24) is 5.32 Å². The Hall–Kier alpha value is -2.24. The van der Waals surface area contributed by atoms with E-state index in [1.165, 1.54) is 6.07 Å². The molecule has 0 spiro atoms. The molecule has 0 aliphatic heterocycles. The van der Waals surface area contributed by atoms with Gasteiger partial charge in [0.2, 0.25) is 0 Å². The highest BCUT2D eigenvalue weighted by Gasteiger charge is 2.11. The fraction of sp³-hybridized carbons (Fsp3) is 0.385. The molecule has 6 heteroatoms. The van der Waals surface area contributed by atoms with Gasteiger partial charge in [0.25, 0.3) is 11.8 Å². The van der Waals surface area contributed by atoms with Crippen LogP contribution in [0.15, 0.2) is 18.2 Å².